The third-order valence-corrected chi connectivity index (χ3v) is 3.48. The lowest BCUT2D eigenvalue weighted by Crippen LogP contribution is -2.26. The molecule has 17 heavy (non-hydrogen) atoms. The van der Waals surface area contributed by atoms with Gasteiger partial charge in [0, 0.05) is 36.8 Å². The Labute approximate surface area is 108 Å². The van der Waals surface area contributed by atoms with Crippen LogP contribution in [-0.2, 0) is 13.1 Å². The second kappa shape index (κ2) is 5.95. The van der Waals surface area contributed by atoms with Gasteiger partial charge in [0.05, 0.1) is 10.7 Å². The van der Waals surface area contributed by atoms with Crippen molar-refractivity contribution in [2.24, 2.45) is 0 Å². The highest BCUT2D eigenvalue weighted by Crippen LogP contribution is 2.20. The molecule has 0 spiro atoms. The fourth-order valence-electron chi connectivity index (χ4n) is 1.40. The minimum absolute atomic E-state index is 0.0269. The zero-order valence-electron chi connectivity index (χ0n) is 9.10. The van der Waals surface area contributed by atoms with Gasteiger partial charge in [0.25, 0.3) is 5.56 Å². The van der Waals surface area contributed by atoms with Crippen molar-refractivity contribution in [3.8, 4) is 0 Å². The van der Waals surface area contributed by atoms with Gasteiger partial charge in [0.1, 0.15) is 0 Å². The van der Waals surface area contributed by atoms with Gasteiger partial charge >= 0.3 is 0 Å². The summed E-state index contributed by atoms with van der Waals surface area (Å²) in [5.74, 6) is 0. The molecule has 2 aromatic rings. The maximum atomic E-state index is 11.4. The summed E-state index contributed by atoms with van der Waals surface area (Å²) in [5.41, 5.74) is -0.0269. The van der Waals surface area contributed by atoms with Crippen molar-refractivity contribution >= 4 is 22.9 Å². The topological polar surface area (TPSA) is 46.9 Å². The summed E-state index contributed by atoms with van der Waals surface area (Å²) in [5, 5.41) is 3.25. The molecule has 0 bridgehead atoms. The molecule has 2 heterocycles. The molecule has 6 heteroatoms. The number of thiophene rings is 1. The minimum atomic E-state index is -0.0269. The van der Waals surface area contributed by atoms with E-state index in [1.807, 2.05) is 12.1 Å². The molecule has 0 atom stereocenters. The van der Waals surface area contributed by atoms with Crippen molar-refractivity contribution < 1.29 is 0 Å². The van der Waals surface area contributed by atoms with Crippen LogP contribution >= 0.6 is 22.9 Å². The van der Waals surface area contributed by atoms with Crippen LogP contribution in [0.2, 0.25) is 4.34 Å². The highest BCUT2D eigenvalue weighted by Gasteiger charge is 1.98. The number of halogens is 1. The van der Waals surface area contributed by atoms with Crippen molar-refractivity contribution in [1.82, 2.24) is 14.9 Å². The molecule has 0 aliphatic heterocycles. The monoisotopic (exact) mass is 269 g/mol. The summed E-state index contributed by atoms with van der Waals surface area (Å²) < 4.78 is 2.37. The van der Waals surface area contributed by atoms with E-state index < -0.39 is 0 Å². The van der Waals surface area contributed by atoms with Crippen LogP contribution in [-0.4, -0.2) is 16.1 Å². The van der Waals surface area contributed by atoms with Crippen LogP contribution in [0, 0.1) is 0 Å². The summed E-state index contributed by atoms with van der Waals surface area (Å²) in [4.78, 5) is 16.5. The average molecular weight is 270 g/mol. The van der Waals surface area contributed by atoms with Gasteiger partial charge in [0.15, 0.2) is 0 Å². The molecule has 0 saturated carbocycles. The normalized spacial score (nSPS) is 10.6. The van der Waals surface area contributed by atoms with Crippen molar-refractivity contribution in [3.63, 3.8) is 0 Å². The number of aromatic nitrogens is 2. The lowest BCUT2D eigenvalue weighted by molar-refractivity contribution is 0.581. The van der Waals surface area contributed by atoms with Gasteiger partial charge in [0.2, 0.25) is 0 Å². The molecule has 0 amide bonds. The molecule has 0 radical (unpaired) electrons. The predicted molar refractivity (Wildman–Crippen MR) is 69.5 cm³/mol. The van der Waals surface area contributed by atoms with E-state index in [4.69, 9.17) is 11.6 Å². The fraction of sp³-hybridized carbons (Fsp3) is 0.273. The molecule has 0 saturated heterocycles. The quantitative estimate of drug-likeness (QED) is 0.842. The molecular weight excluding hydrogens is 258 g/mol. The first-order valence-electron chi connectivity index (χ1n) is 5.21. The number of nitrogens with zero attached hydrogens (tertiary/aromatic N) is 2. The molecule has 0 fully saturated rings. The Bertz CT molecular complexity index is 537. The standard InChI is InChI=1S/C11H12ClN3OS/c12-10-2-1-9(17-10)7-13-5-6-15-8-14-4-3-11(15)16/h1-4,8,13H,5-7H2. The van der Waals surface area contributed by atoms with E-state index in [0.29, 0.717) is 6.54 Å². The summed E-state index contributed by atoms with van der Waals surface area (Å²) in [6.45, 7) is 2.11. The van der Waals surface area contributed by atoms with E-state index in [1.54, 1.807) is 22.2 Å². The predicted octanol–water partition coefficient (Wildman–Crippen LogP) is 1.75. The number of hydrogen-bond acceptors (Lipinski definition) is 4. The van der Waals surface area contributed by atoms with Gasteiger partial charge in [-0.1, -0.05) is 11.6 Å². The largest absolute Gasteiger partial charge is 0.310 e. The number of nitrogens with one attached hydrogen (secondary N) is 1. The second-order valence-electron chi connectivity index (χ2n) is 3.49. The first kappa shape index (κ1) is 12.3. The summed E-state index contributed by atoms with van der Waals surface area (Å²) in [6.07, 6.45) is 3.05. The van der Waals surface area contributed by atoms with Gasteiger partial charge in [-0.05, 0) is 12.1 Å². The van der Waals surface area contributed by atoms with Crippen LogP contribution < -0.4 is 10.9 Å². The van der Waals surface area contributed by atoms with E-state index >= 15 is 0 Å². The molecule has 0 aliphatic rings. The Kier molecular flexibility index (Phi) is 4.30. The first-order chi connectivity index (χ1) is 8.25. The van der Waals surface area contributed by atoms with Crippen molar-refractivity contribution in [3.05, 3.63) is 50.3 Å². The maximum absolute atomic E-state index is 11.4. The van der Waals surface area contributed by atoms with Gasteiger partial charge in [-0.2, -0.15) is 0 Å². The zero-order chi connectivity index (χ0) is 12.1. The molecular formula is C11H12ClN3OS. The third kappa shape index (κ3) is 3.66. The molecule has 0 unspecified atom stereocenters. The van der Waals surface area contributed by atoms with Crippen LogP contribution in [0.5, 0.6) is 0 Å². The van der Waals surface area contributed by atoms with E-state index in [1.165, 1.54) is 17.1 Å². The lowest BCUT2D eigenvalue weighted by Gasteiger charge is -2.05. The first-order valence-corrected chi connectivity index (χ1v) is 6.40. The van der Waals surface area contributed by atoms with Crippen molar-refractivity contribution in [1.29, 1.82) is 0 Å². The Hall–Kier alpha value is -1.17. The molecule has 0 aliphatic carbocycles. The molecule has 2 aromatic heterocycles. The summed E-state index contributed by atoms with van der Waals surface area (Å²) in [6, 6.07) is 5.34. The zero-order valence-corrected chi connectivity index (χ0v) is 10.7. The molecule has 1 N–H and O–H groups in total. The number of hydrogen-bond donors (Lipinski definition) is 1. The third-order valence-electron chi connectivity index (χ3n) is 2.25. The van der Waals surface area contributed by atoms with Gasteiger partial charge in [-0.15, -0.1) is 11.3 Å². The van der Waals surface area contributed by atoms with E-state index in [2.05, 4.69) is 10.3 Å². The van der Waals surface area contributed by atoms with Crippen LogP contribution in [0.25, 0.3) is 0 Å². The second-order valence-corrected chi connectivity index (χ2v) is 5.29. The maximum Gasteiger partial charge on any atom is 0.253 e. The molecule has 4 nitrogen and oxygen atoms in total. The van der Waals surface area contributed by atoms with Crippen LogP contribution in [0.3, 0.4) is 0 Å². The van der Waals surface area contributed by atoms with E-state index in [-0.39, 0.29) is 5.56 Å². The average Bonchev–Trinajstić information content (AvgIpc) is 2.73. The Morgan fingerprint density at radius 2 is 2.29 bits per heavy atom. The highest BCUT2D eigenvalue weighted by atomic mass is 35.5. The van der Waals surface area contributed by atoms with Crippen molar-refractivity contribution in [2.45, 2.75) is 13.1 Å². The van der Waals surface area contributed by atoms with Crippen LogP contribution in [0.4, 0.5) is 0 Å². The van der Waals surface area contributed by atoms with Gasteiger partial charge < -0.3 is 5.32 Å². The Balaban J connectivity index is 1.77. The van der Waals surface area contributed by atoms with Crippen molar-refractivity contribution in [2.75, 3.05) is 6.54 Å². The van der Waals surface area contributed by atoms with Gasteiger partial charge in [-0.3, -0.25) is 9.36 Å². The lowest BCUT2D eigenvalue weighted by atomic mass is 10.4. The molecule has 0 aromatic carbocycles. The summed E-state index contributed by atoms with van der Waals surface area (Å²) in [7, 11) is 0. The van der Waals surface area contributed by atoms with E-state index in [9.17, 15) is 4.79 Å². The molecule has 90 valence electrons. The summed E-state index contributed by atoms with van der Waals surface area (Å²) >= 11 is 7.39. The minimum Gasteiger partial charge on any atom is -0.310 e. The fourth-order valence-corrected chi connectivity index (χ4v) is 2.46. The van der Waals surface area contributed by atoms with Crippen LogP contribution in [0.15, 0.2) is 35.5 Å². The highest BCUT2D eigenvalue weighted by molar-refractivity contribution is 7.16. The SMILES string of the molecule is O=c1ccncn1CCNCc1ccc(Cl)s1. The number of rotatable bonds is 5. The Morgan fingerprint density at radius 1 is 1.41 bits per heavy atom. The van der Waals surface area contributed by atoms with Gasteiger partial charge in [-0.25, -0.2) is 4.98 Å². The molecule has 2 rings (SSSR count). The van der Waals surface area contributed by atoms with E-state index in [0.717, 1.165) is 17.4 Å². The smallest absolute Gasteiger partial charge is 0.253 e. The van der Waals surface area contributed by atoms with Crippen LogP contribution in [0.1, 0.15) is 4.88 Å². The Morgan fingerprint density at radius 3 is 3.00 bits per heavy atom.